The van der Waals surface area contributed by atoms with Gasteiger partial charge in [0.25, 0.3) is 5.91 Å². The number of carbonyl (C=O) groups is 1. The Balaban J connectivity index is 2.16. The van der Waals surface area contributed by atoms with Gasteiger partial charge in [-0.3, -0.25) is 4.79 Å². The molecule has 0 spiro atoms. The summed E-state index contributed by atoms with van der Waals surface area (Å²) in [7, 11) is 0. The molecule has 0 saturated heterocycles. The number of nitrogen functional groups attached to an aromatic ring is 1. The van der Waals surface area contributed by atoms with E-state index in [1.165, 1.54) is 0 Å². The van der Waals surface area contributed by atoms with E-state index in [1.54, 1.807) is 30.3 Å². The number of hydrogen-bond donors (Lipinski definition) is 2. The topological polar surface area (TPSA) is 64.3 Å². The Labute approximate surface area is 122 Å². The van der Waals surface area contributed by atoms with Gasteiger partial charge in [0.1, 0.15) is 5.75 Å². The van der Waals surface area contributed by atoms with E-state index in [-0.39, 0.29) is 5.91 Å². The van der Waals surface area contributed by atoms with Gasteiger partial charge in [-0.25, -0.2) is 0 Å². The van der Waals surface area contributed by atoms with Gasteiger partial charge < -0.3 is 15.8 Å². The normalized spacial score (nSPS) is 10.1. The maximum atomic E-state index is 12.1. The molecule has 0 atom stereocenters. The predicted molar refractivity (Wildman–Crippen MR) is 81.4 cm³/mol. The molecule has 0 aliphatic rings. The van der Waals surface area contributed by atoms with Gasteiger partial charge in [-0.2, -0.15) is 0 Å². The van der Waals surface area contributed by atoms with Crippen LogP contribution in [0.5, 0.6) is 5.75 Å². The number of carbonyl (C=O) groups excluding carboxylic acids is 1. The summed E-state index contributed by atoms with van der Waals surface area (Å²) in [5.74, 6) is 0.434. The lowest BCUT2D eigenvalue weighted by molar-refractivity contribution is 0.102. The van der Waals surface area contributed by atoms with Crippen LogP contribution < -0.4 is 15.8 Å². The maximum absolute atomic E-state index is 12.1. The molecule has 0 saturated carbocycles. The first-order valence-electron chi connectivity index (χ1n) is 6.19. The van der Waals surface area contributed by atoms with E-state index in [0.29, 0.717) is 34.3 Å². The molecule has 20 heavy (non-hydrogen) atoms. The van der Waals surface area contributed by atoms with Gasteiger partial charge in [0, 0.05) is 28.0 Å². The summed E-state index contributed by atoms with van der Waals surface area (Å²) in [5, 5.41) is 3.21. The first-order valence-corrected chi connectivity index (χ1v) is 6.56. The molecule has 0 aliphatic carbocycles. The molecule has 0 radical (unpaired) electrons. The van der Waals surface area contributed by atoms with Crippen molar-refractivity contribution in [1.29, 1.82) is 0 Å². The fraction of sp³-hybridized carbons (Fsp3) is 0.133. The highest BCUT2D eigenvalue weighted by atomic mass is 35.5. The second-order valence-electron chi connectivity index (χ2n) is 4.19. The summed E-state index contributed by atoms with van der Waals surface area (Å²) in [4.78, 5) is 12.1. The smallest absolute Gasteiger partial charge is 0.255 e. The number of anilines is 2. The number of ether oxygens (including phenoxy) is 1. The minimum atomic E-state index is -0.271. The van der Waals surface area contributed by atoms with Gasteiger partial charge >= 0.3 is 0 Å². The highest BCUT2D eigenvalue weighted by Crippen LogP contribution is 2.20. The quantitative estimate of drug-likeness (QED) is 0.846. The fourth-order valence-electron chi connectivity index (χ4n) is 1.78. The second kappa shape index (κ2) is 6.30. The molecule has 0 aliphatic heterocycles. The summed E-state index contributed by atoms with van der Waals surface area (Å²) in [6.45, 7) is 2.47. The van der Waals surface area contributed by atoms with Crippen molar-refractivity contribution in [3.63, 3.8) is 0 Å². The SMILES string of the molecule is CCOc1cccc(NC(=O)c2cc(N)cc(Cl)c2)c1. The number of amides is 1. The van der Waals surface area contributed by atoms with Crippen molar-refractivity contribution in [2.45, 2.75) is 6.92 Å². The van der Waals surface area contributed by atoms with Crippen molar-refractivity contribution < 1.29 is 9.53 Å². The van der Waals surface area contributed by atoms with Crippen LogP contribution in [0, 0.1) is 0 Å². The third-order valence-corrected chi connectivity index (χ3v) is 2.80. The molecule has 0 aromatic heterocycles. The molecule has 3 N–H and O–H groups in total. The summed E-state index contributed by atoms with van der Waals surface area (Å²) < 4.78 is 5.38. The number of benzene rings is 2. The van der Waals surface area contributed by atoms with Crippen molar-refractivity contribution in [3.05, 3.63) is 53.1 Å². The lowest BCUT2D eigenvalue weighted by Crippen LogP contribution is -2.12. The van der Waals surface area contributed by atoms with Crippen LogP contribution in [0.2, 0.25) is 5.02 Å². The maximum Gasteiger partial charge on any atom is 0.255 e. The van der Waals surface area contributed by atoms with Crippen LogP contribution >= 0.6 is 11.6 Å². The summed E-state index contributed by atoms with van der Waals surface area (Å²) >= 11 is 5.88. The van der Waals surface area contributed by atoms with E-state index >= 15 is 0 Å². The van der Waals surface area contributed by atoms with Crippen molar-refractivity contribution in [1.82, 2.24) is 0 Å². The lowest BCUT2D eigenvalue weighted by Gasteiger charge is -2.08. The first-order chi connectivity index (χ1) is 9.58. The number of rotatable bonds is 4. The zero-order valence-corrected chi connectivity index (χ0v) is 11.8. The molecule has 2 aromatic rings. The highest BCUT2D eigenvalue weighted by Gasteiger charge is 2.08. The van der Waals surface area contributed by atoms with E-state index in [9.17, 15) is 4.79 Å². The molecule has 4 nitrogen and oxygen atoms in total. The van der Waals surface area contributed by atoms with Crippen LogP contribution in [0.3, 0.4) is 0 Å². The van der Waals surface area contributed by atoms with Crippen LogP contribution in [-0.4, -0.2) is 12.5 Å². The Hall–Kier alpha value is -2.20. The van der Waals surface area contributed by atoms with Crippen LogP contribution in [0.25, 0.3) is 0 Å². The van der Waals surface area contributed by atoms with Gasteiger partial charge in [-0.15, -0.1) is 0 Å². The Bertz CT molecular complexity index is 609. The lowest BCUT2D eigenvalue weighted by atomic mass is 10.2. The van der Waals surface area contributed by atoms with Gasteiger partial charge in [-0.1, -0.05) is 17.7 Å². The molecule has 0 fully saturated rings. The average molecular weight is 291 g/mol. The molecule has 0 heterocycles. The van der Waals surface area contributed by atoms with E-state index in [1.807, 2.05) is 19.1 Å². The highest BCUT2D eigenvalue weighted by molar-refractivity contribution is 6.31. The summed E-state index contributed by atoms with van der Waals surface area (Å²) in [6.07, 6.45) is 0. The Morgan fingerprint density at radius 2 is 2.10 bits per heavy atom. The summed E-state index contributed by atoms with van der Waals surface area (Å²) in [5.41, 5.74) is 7.19. The van der Waals surface area contributed by atoms with Gasteiger partial charge in [0.2, 0.25) is 0 Å². The zero-order chi connectivity index (χ0) is 14.5. The average Bonchev–Trinajstić information content (AvgIpc) is 2.38. The van der Waals surface area contributed by atoms with Gasteiger partial charge in [0.05, 0.1) is 6.61 Å². The minimum Gasteiger partial charge on any atom is -0.494 e. The van der Waals surface area contributed by atoms with Crippen LogP contribution in [0.4, 0.5) is 11.4 Å². The first kappa shape index (κ1) is 14.2. The van der Waals surface area contributed by atoms with E-state index in [2.05, 4.69) is 5.32 Å². The third-order valence-electron chi connectivity index (χ3n) is 2.59. The standard InChI is InChI=1S/C15H15ClN2O2/c1-2-20-14-5-3-4-13(9-14)18-15(19)10-6-11(16)8-12(17)7-10/h3-9H,2,17H2,1H3,(H,18,19). The zero-order valence-electron chi connectivity index (χ0n) is 11.0. The van der Waals surface area contributed by atoms with Crippen molar-refractivity contribution >= 4 is 28.9 Å². The third kappa shape index (κ3) is 3.65. The molecular weight excluding hydrogens is 276 g/mol. The van der Waals surface area contributed by atoms with Gasteiger partial charge in [0.15, 0.2) is 0 Å². The van der Waals surface area contributed by atoms with Crippen molar-refractivity contribution in [2.24, 2.45) is 0 Å². The fourth-order valence-corrected chi connectivity index (χ4v) is 2.02. The molecule has 0 bridgehead atoms. The number of halogens is 1. The van der Waals surface area contributed by atoms with Crippen molar-refractivity contribution in [2.75, 3.05) is 17.7 Å². The number of nitrogens with one attached hydrogen (secondary N) is 1. The largest absolute Gasteiger partial charge is 0.494 e. The molecule has 2 rings (SSSR count). The molecule has 104 valence electrons. The number of hydrogen-bond acceptors (Lipinski definition) is 3. The van der Waals surface area contributed by atoms with Gasteiger partial charge in [-0.05, 0) is 37.3 Å². The summed E-state index contributed by atoms with van der Waals surface area (Å²) in [6, 6.07) is 11.9. The Morgan fingerprint density at radius 1 is 1.30 bits per heavy atom. The molecule has 0 unspecified atom stereocenters. The molecular formula is C15H15ClN2O2. The van der Waals surface area contributed by atoms with Crippen molar-refractivity contribution in [3.8, 4) is 5.75 Å². The second-order valence-corrected chi connectivity index (χ2v) is 4.62. The van der Waals surface area contributed by atoms with Crippen LogP contribution in [-0.2, 0) is 0 Å². The predicted octanol–water partition coefficient (Wildman–Crippen LogP) is 3.57. The monoisotopic (exact) mass is 290 g/mol. The minimum absolute atomic E-state index is 0.271. The molecule has 2 aromatic carbocycles. The molecule has 1 amide bonds. The van der Waals surface area contributed by atoms with E-state index in [4.69, 9.17) is 22.1 Å². The van der Waals surface area contributed by atoms with Crippen LogP contribution in [0.1, 0.15) is 17.3 Å². The van der Waals surface area contributed by atoms with Crippen LogP contribution in [0.15, 0.2) is 42.5 Å². The Kier molecular flexibility index (Phi) is 4.48. The number of nitrogens with two attached hydrogens (primary N) is 1. The van der Waals surface area contributed by atoms with E-state index < -0.39 is 0 Å². The Morgan fingerprint density at radius 3 is 2.80 bits per heavy atom. The van der Waals surface area contributed by atoms with E-state index in [0.717, 1.165) is 0 Å². The molecule has 5 heteroatoms.